The molecule has 0 spiro atoms. The molecule has 0 aliphatic rings. The van der Waals surface area contributed by atoms with Crippen LogP contribution in [0.3, 0.4) is 0 Å². The number of hydrogen-bond acceptors (Lipinski definition) is 3. The third-order valence-electron chi connectivity index (χ3n) is 3.33. The molecule has 0 saturated heterocycles. The Kier molecular flexibility index (Phi) is 11.9. The van der Waals surface area contributed by atoms with E-state index in [1.165, 1.54) is 25.7 Å². The summed E-state index contributed by atoms with van der Waals surface area (Å²) < 4.78 is 0. The van der Waals surface area contributed by atoms with Crippen LogP contribution in [-0.4, -0.2) is 31.7 Å². The molecule has 0 bridgehead atoms. The molecule has 3 heteroatoms. The van der Waals surface area contributed by atoms with E-state index in [0.29, 0.717) is 12.1 Å². The molecule has 0 heterocycles. The molecule has 0 aromatic rings. The van der Waals surface area contributed by atoms with Crippen LogP contribution in [0.5, 0.6) is 0 Å². The molecule has 2 atom stereocenters. The molecule has 0 aromatic heterocycles. The van der Waals surface area contributed by atoms with Crippen molar-refractivity contribution < 1.29 is 0 Å². The minimum Gasteiger partial charge on any atom is -0.328 e. The Bertz CT molecular complexity index is 169. The Balaban J connectivity index is 3.38. The first kappa shape index (κ1) is 17.9. The molecule has 0 amide bonds. The van der Waals surface area contributed by atoms with Gasteiger partial charge in [-0.2, -0.15) is 0 Å². The zero-order valence-corrected chi connectivity index (χ0v) is 13.0. The Morgan fingerprint density at radius 1 is 0.944 bits per heavy atom. The fraction of sp³-hybridized carbons (Fsp3) is 1.00. The standard InChI is InChI=1S/C15H35N3/c1-5-15(18-12-9-14(4)16)7-6-10-17-11-8-13(2)3/h13-15,17-18H,5-12,16H2,1-4H3. The van der Waals surface area contributed by atoms with Crippen LogP contribution < -0.4 is 16.4 Å². The predicted molar refractivity (Wildman–Crippen MR) is 81.9 cm³/mol. The maximum atomic E-state index is 5.75. The molecule has 0 saturated carbocycles. The maximum absolute atomic E-state index is 5.75. The second-order valence-electron chi connectivity index (χ2n) is 5.90. The summed E-state index contributed by atoms with van der Waals surface area (Å²) in [5, 5.41) is 7.12. The molecule has 0 aromatic carbocycles. The molecule has 0 rings (SSSR count). The lowest BCUT2D eigenvalue weighted by atomic mass is 10.1. The third-order valence-corrected chi connectivity index (χ3v) is 3.33. The van der Waals surface area contributed by atoms with E-state index in [4.69, 9.17) is 5.73 Å². The van der Waals surface area contributed by atoms with Crippen molar-refractivity contribution in [3.8, 4) is 0 Å². The van der Waals surface area contributed by atoms with Gasteiger partial charge in [0, 0.05) is 12.1 Å². The average molecular weight is 257 g/mol. The first-order valence-corrected chi connectivity index (χ1v) is 7.75. The lowest BCUT2D eigenvalue weighted by molar-refractivity contribution is 0.432. The van der Waals surface area contributed by atoms with Crippen LogP contribution >= 0.6 is 0 Å². The highest BCUT2D eigenvalue weighted by Crippen LogP contribution is 2.02. The van der Waals surface area contributed by atoms with E-state index in [1.54, 1.807) is 0 Å². The van der Waals surface area contributed by atoms with Crippen LogP contribution in [0, 0.1) is 5.92 Å². The highest BCUT2D eigenvalue weighted by Gasteiger charge is 2.05. The zero-order chi connectivity index (χ0) is 13.8. The normalized spacial score (nSPS) is 15.0. The third kappa shape index (κ3) is 12.3. The second-order valence-corrected chi connectivity index (χ2v) is 5.90. The average Bonchev–Trinajstić information content (AvgIpc) is 2.30. The van der Waals surface area contributed by atoms with Crippen molar-refractivity contribution in [3.05, 3.63) is 0 Å². The highest BCUT2D eigenvalue weighted by atomic mass is 14.9. The molecule has 0 aliphatic carbocycles. The molecule has 0 fully saturated rings. The lowest BCUT2D eigenvalue weighted by Crippen LogP contribution is -2.33. The molecular weight excluding hydrogens is 222 g/mol. The Morgan fingerprint density at radius 2 is 1.67 bits per heavy atom. The Hall–Kier alpha value is -0.120. The van der Waals surface area contributed by atoms with Gasteiger partial charge in [0.2, 0.25) is 0 Å². The van der Waals surface area contributed by atoms with E-state index in [0.717, 1.165) is 32.0 Å². The largest absolute Gasteiger partial charge is 0.328 e. The summed E-state index contributed by atoms with van der Waals surface area (Å²) >= 11 is 0. The van der Waals surface area contributed by atoms with E-state index in [1.807, 2.05) is 0 Å². The van der Waals surface area contributed by atoms with Crippen LogP contribution in [0.15, 0.2) is 0 Å². The summed E-state index contributed by atoms with van der Waals surface area (Å²) in [6, 6.07) is 0.975. The summed E-state index contributed by atoms with van der Waals surface area (Å²) in [7, 11) is 0. The van der Waals surface area contributed by atoms with Gasteiger partial charge in [-0.3, -0.25) is 0 Å². The number of nitrogens with two attached hydrogens (primary N) is 1. The summed E-state index contributed by atoms with van der Waals surface area (Å²) in [6.07, 6.45) is 6.10. The van der Waals surface area contributed by atoms with Crippen molar-refractivity contribution in [2.75, 3.05) is 19.6 Å². The summed E-state index contributed by atoms with van der Waals surface area (Å²) in [4.78, 5) is 0. The van der Waals surface area contributed by atoms with Crippen LogP contribution in [0.4, 0.5) is 0 Å². The van der Waals surface area contributed by atoms with Crippen molar-refractivity contribution in [2.45, 2.75) is 71.9 Å². The fourth-order valence-corrected chi connectivity index (χ4v) is 1.95. The van der Waals surface area contributed by atoms with Gasteiger partial charge < -0.3 is 16.4 Å². The molecule has 3 nitrogen and oxygen atoms in total. The minimum atomic E-state index is 0.313. The van der Waals surface area contributed by atoms with Crippen molar-refractivity contribution in [3.63, 3.8) is 0 Å². The van der Waals surface area contributed by atoms with Crippen molar-refractivity contribution in [1.82, 2.24) is 10.6 Å². The topological polar surface area (TPSA) is 50.1 Å². The first-order chi connectivity index (χ1) is 8.56. The lowest BCUT2D eigenvalue weighted by Gasteiger charge is -2.18. The smallest absolute Gasteiger partial charge is 0.00649 e. The first-order valence-electron chi connectivity index (χ1n) is 7.75. The molecular formula is C15H35N3. The quantitative estimate of drug-likeness (QED) is 0.471. The number of nitrogens with one attached hydrogen (secondary N) is 2. The van der Waals surface area contributed by atoms with Gasteiger partial charge in [-0.15, -0.1) is 0 Å². The van der Waals surface area contributed by atoms with Gasteiger partial charge in [-0.05, 0) is 64.6 Å². The van der Waals surface area contributed by atoms with E-state index in [2.05, 4.69) is 38.3 Å². The summed E-state index contributed by atoms with van der Waals surface area (Å²) in [5.41, 5.74) is 5.75. The van der Waals surface area contributed by atoms with Gasteiger partial charge in [0.05, 0.1) is 0 Å². The van der Waals surface area contributed by atoms with E-state index in [-0.39, 0.29) is 0 Å². The van der Waals surface area contributed by atoms with Gasteiger partial charge in [0.1, 0.15) is 0 Å². The van der Waals surface area contributed by atoms with Crippen LogP contribution in [-0.2, 0) is 0 Å². The van der Waals surface area contributed by atoms with E-state index in [9.17, 15) is 0 Å². The van der Waals surface area contributed by atoms with Gasteiger partial charge in [-0.25, -0.2) is 0 Å². The van der Waals surface area contributed by atoms with Gasteiger partial charge >= 0.3 is 0 Å². The molecule has 2 unspecified atom stereocenters. The minimum absolute atomic E-state index is 0.313. The van der Waals surface area contributed by atoms with Crippen molar-refractivity contribution in [2.24, 2.45) is 11.7 Å². The van der Waals surface area contributed by atoms with Crippen LogP contribution in [0.25, 0.3) is 0 Å². The number of hydrogen-bond donors (Lipinski definition) is 3. The van der Waals surface area contributed by atoms with Gasteiger partial charge in [0.25, 0.3) is 0 Å². The Morgan fingerprint density at radius 3 is 2.22 bits per heavy atom. The summed E-state index contributed by atoms with van der Waals surface area (Å²) in [5.74, 6) is 0.806. The monoisotopic (exact) mass is 257 g/mol. The van der Waals surface area contributed by atoms with Gasteiger partial charge in [-0.1, -0.05) is 20.8 Å². The van der Waals surface area contributed by atoms with Gasteiger partial charge in [0.15, 0.2) is 0 Å². The molecule has 0 aliphatic heterocycles. The molecule has 110 valence electrons. The summed E-state index contributed by atoms with van der Waals surface area (Å²) in [6.45, 7) is 12.2. The van der Waals surface area contributed by atoms with E-state index >= 15 is 0 Å². The zero-order valence-electron chi connectivity index (χ0n) is 13.0. The van der Waals surface area contributed by atoms with Crippen molar-refractivity contribution in [1.29, 1.82) is 0 Å². The highest BCUT2D eigenvalue weighted by molar-refractivity contribution is 4.67. The fourth-order valence-electron chi connectivity index (χ4n) is 1.95. The molecule has 18 heavy (non-hydrogen) atoms. The SMILES string of the molecule is CCC(CCCNCCC(C)C)NCCC(C)N. The van der Waals surface area contributed by atoms with Crippen LogP contribution in [0.1, 0.15) is 59.8 Å². The second kappa shape index (κ2) is 11.9. The maximum Gasteiger partial charge on any atom is 0.00649 e. The Labute approximate surface area is 114 Å². The van der Waals surface area contributed by atoms with Crippen LogP contribution in [0.2, 0.25) is 0 Å². The molecule has 0 radical (unpaired) electrons. The molecule has 4 N–H and O–H groups in total. The van der Waals surface area contributed by atoms with E-state index < -0.39 is 0 Å². The number of rotatable bonds is 12. The van der Waals surface area contributed by atoms with Crippen molar-refractivity contribution >= 4 is 0 Å². The predicted octanol–water partition coefficient (Wildman–Crippen LogP) is 2.51.